The zero-order valence-electron chi connectivity index (χ0n) is 11.9. The number of carboxylic acid groups (broad SMARTS) is 1. The van der Waals surface area contributed by atoms with Gasteiger partial charge >= 0.3 is 12.0 Å². The molecule has 0 aromatic rings. The molecule has 19 heavy (non-hydrogen) atoms. The third-order valence-corrected chi connectivity index (χ3v) is 3.40. The lowest BCUT2D eigenvalue weighted by Gasteiger charge is -2.42. The lowest BCUT2D eigenvalue weighted by atomic mass is 9.74. The fraction of sp³-hybridized carbons (Fsp3) is 0.846. The van der Waals surface area contributed by atoms with Gasteiger partial charge in [-0.25, -0.2) is 4.79 Å². The Morgan fingerprint density at radius 2 is 2.05 bits per heavy atom. The summed E-state index contributed by atoms with van der Waals surface area (Å²) in [5.41, 5.74) is -0.546. The fourth-order valence-electron chi connectivity index (χ4n) is 2.09. The van der Waals surface area contributed by atoms with E-state index in [-0.39, 0.29) is 18.6 Å². The number of carbonyl (C=O) groups excluding carboxylic acids is 1. The number of carboxylic acids is 1. The van der Waals surface area contributed by atoms with Crippen LogP contribution < -0.4 is 5.32 Å². The van der Waals surface area contributed by atoms with Gasteiger partial charge in [-0.05, 0) is 33.1 Å². The number of aliphatic carboxylic acids is 1. The predicted octanol–water partition coefficient (Wildman–Crippen LogP) is 1.45. The molecule has 6 nitrogen and oxygen atoms in total. The van der Waals surface area contributed by atoms with Crippen molar-refractivity contribution in [3.05, 3.63) is 0 Å². The van der Waals surface area contributed by atoms with Gasteiger partial charge in [0.25, 0.3) is 0 Å². The molecule has 2 amide bonds. The Hall–Kier alpha value is -1.30. The Morgan fingerprint density at radius 1 is 1.42 bits per heavy atom. The summed E-state index contributed by atoms with van der Waals surface area (Å²) in [6.07, 6.45) is 2.58. The van der Waals surface area contributed by atoms with Crippen molar-refractivity contribution in [2.24, 2.45) is 0 Å². The standard InChI is InChI=1S/C13H24N2O4/c1-10(2)19-8-7-15(3)12(18)14-13(5-4-6-13)9-11(16)17/h10H,4-9H2,1-3H3,(H,14,18)(H,16,17). The number of nitrogens with zero attached hydrogens (tertiary/aromatic N) is 1. The van der Waals surface area contributed by atoms with E-state index in [0.717, 1.165) is 19.3 Å². The van der Waals surface area contributed by atoms with Gasteiger partial charge in [0.2, 0.25) is 0 Å². The second-order valence-electron chi connectivity index (χ2n) is 5.48. The molecule has 1 fully saturated rings. The van der Waals surface area contributed by atoms with Crippen molar-refractivity contribution in [2.75, 3.05) is 20.2 Å². The van der Waals surface area contributed by atoms with Crippen LogP contribution in [-0.4, -0.2) is 53.8 Å². The average molecular weight is 272 g/mol. The highest BCUT2D eigenvalue weighted by Crippen LogP contribution is 2.35. The monoisotopic (exact) mass is 272 g/mol. The zero-order chi connectivity index (χ0) is 14.5. The van der Waals surface area contributed by atoms with Gasteiger partial charge in [-0.15, -0.1) is 0 Å². The Labute approximate surface area is 114 Å². The van der Waals surface area contributed by atoms with Crippen LogP contribution in [0.2, 0.25) is 0 Å². The number of likely N-dealkylation sites (N-methyl/N-ethyl adjacent to an activating group) is 1. The number of nitrogens with one attached hydrogen (secondary N) is 1. The molecular formula is C13H24N2O4. The molecule has 1 saturated carbocycles. The van der Waals surface area contributed by atoms with Crippen LogP contribution in [0.15, 0.2) is 0 Å². The van der Waals surface area contributed by atoms with E-state index in [4.69, 9.17) is 9.84 Å². The molecule has 0 heterocycles. The van der Waals surface area contributed by atoms with Gasteiger partial charge < -0.3 is 20.1 Å². The number of rotatable bonds is 7. The normalized spacial score (nSPS) is 16.8. The SMILES string of the molecule is CC(C)OCCN(C)C(=O)NC1(CC(=O)O)CCC1. The van der Waals surface area contributed by atoms with E-state index in [1.165, 1.54) is 4.90 Å². The minimum atomic E-state index is -0.870. The summed E-state index contributed by atoms with van der Waals surface area (Å²) in [7, 11) is 1.69. The Balaban J connectivity index is 2.37. The van der Waals surface area contributed by atoms with Gasteiger partial charge in [0.1, 0.15) is 0 Å². The van der Waals surface area contributed by atoms with E-state index in [2.05, 4.69) is 5.32 Å². The number of carbonyl (C=O) groups is 2. The minimum absolute atomic E-state index is 0.00489. The van der Waals surface area contributed by atoms with Crippen LogP contribution in [0.1, 0.15) is 39.5 Å². The van der Waals surface area contributed by atoms with Crippen molar-refractivity contribution in [1.82, 2.24) is 10.2 Å². The lowest BCUT2D eigenvalue weighted by molar-refractivity contribution is -0.139. The zero-order valence-corrected chi connectivity index (χ0v) is 11.9. The van der Waals surface area contributed by atoms with Gasteiger partial charge in [0, 0.05) is 13.6 Å². The van der Waals surface area contributed by atoms with E-state index in [0.29, 0.717) is 13.2 Å². The first-order valence-electron chi connectivity index (χ1n) is 6.71. The third kappa shape index (κ3) is 5.06. The van der Waals surface area contributed by atoms with Crippen molar-refractivity contribution in [3.8, 4) is 0 Å². The number of urea groups is 1. The summed E-state index contributed by atoms with van der Waals surface area (Å²) >= 11 is 0. The first kappa shape index (κ1) is 15.8. The van der Waals surface area contributed by atoms with Crippen LogP contribution in [0.5, 0.6) is 0 Å². The number of hydrogen-bond acceptors (Lipinski definition) is 3. The molecule has 0 atom stereocenters. The Morgan fingerprint density at radius 3 is 2.47 bits per heavy atom. The molecule has 6 heteroatoms. The summed E-state index contributed by atoms with van der Waals surface area (Å²) in [5, 5.41) is 11.7. The van der Waals surface area contributed by atoms with Crippen molar-refractivity contribution < 1.29 is 19.4 Å². The first-order chi connectivity index (χ1) is 8.84. The van der Waals surface area contributed by atoms with E-state index in [9.17, 15) is 9.59 Å². The van der Waals surface area contributed by atoms with E-state index < -0.39 is 11.5 Å². The van der Waals surface area contributed by atoms with Crippen molar-refractivity contribution in [3.63, 3.8) is 0 Å². The molecule has 1 aliphatic rings. The second kappa shape index (κ2) is 6.75. The van der Waals surface area contributed by atoms with E-state index >= 15 is 0 Å². The number of amides is 2. The fourth-order valence-corrected chi connectivity index (χ4v) is 2.09. The maximum atomic E-state index is 12.0. The molecular weight excluding hydrogens is 248 g/mol. The van der Waals surface area contributed by atoms with Crippen LogP contribution in [0.4, 0.5) is 4.79 Å². The van der Waals surface area contributed by atoms with Crippen LogP contribution in [0.3, 0.4) is 0 Å². The van der Waals surface area contributed by atoms with Gasteiger partial charge in [-0.1, -0.05) is 0 Å². The van der Waals surface area contributed by atoms with Crippen LogP contribution >= 0.6 is 0 Å². The van der Waals surface area contributed by atoms with Gasteiger partial charge in [0.05, 0.1) is 24.7 Å². The smallest absolute Gasteiger partial charge is 0.317 e. The summed E-state index contributed by atoms with van der Waals surface area (Å²) < 4.78 is 5.38. The molecule has 0 aliphatic heterocycles. The van der Waals surface area contributed by atoms with E-state index in [1.807, 2.05) is 13.8 Å². The molecule has 0 unspecified atom stereocenters. The number of hydrogen-bond donors (Lipinski definition) is 2. The maximum absolute atomic E-state index is 12.0. The highest BCUT2D eigenvalue weighted by atomic mass is 16.5. The number of ether oxygens (including phenoxy) is 1. The highest BCUT2D eigenvalue weighted by molar-refractivity contribution is 5.77. The molecule has 1 rings (SSSR count). The average Bonchev–Trinajstić information content (AvgIpc) is 2.24. The molecule has 0 spiro atoms. The Kier molecular flexibility index (Phi) is 5.60. The second-order valence-corrected chi connectivity index (χ2v) is 5.48. The molecule has 0 saturated heterocycles. The molecule has 1 aliphatic carbocycles. The first-order valence-corrected chi connectivity index (χ1v) is 6.71. The van der Waals surface area contributed by atoms with E-state index in [1.54, 1.807) is 7.05 Å². The quantitative estimate of drug-likeness (QED) is 0.735. The van der Waals surface area contributed by atoms with Gasteiger partial charge in [-0.3, -0.25) is 4.79 Å². The van der Waals surface area contributed by atoms with Crippen LogP contribution in [-0.2, 0) is 9.53 Å². The summed E-state index contributed by atoms with van der Waals surface area (Å²) in [6, 6.07) is -0.228. The highest BCUT2D eigenvalue weighted by Gasteiger charge is 2.40. The summed E-state index contributed by atoms with van der Waals surface area (Å²) in [6.45, 7) is 4.85. The summed E-state index contributed by atoms with van der Waals surface area (Å²) in [4.78, 5) is 24.3. The maximum Gasteiger partial charge on any atom is 0.317 e. The van der Waals surface area contributed by atoms with Crippen LogP contribution in [0, 0.1) is 0 Å². The third-order valence-electron chi connectivity index (χ3n) is 3.40. The predicted molar refractivity (Wildman–Crippen MR) is 71.1 cm³/mol. The summed E-state index contributed by atoms with van der Waals surface area (Å²) in [5.74, 6) is -0.870. The molecule has 2 N–H and O–H groups in total. The van der Waals surface area contributed by atoms with Crippen molar-refractivity contribution >= 4 is 12.0 Å². The molecule has 0 radical (unpaired) electrons. The molecule has 0 bridgehead atoms. The lowest BCUT2D eigenvalue weighted by Crippen LogP contribution is -2.57. The largest absolute Gasteiger partial charge is 0.481 e. The van der Waals surface area contributed by atoms with Crippen molar-refractivity contribution in [2.45, 2.75) is 51.2 Å². The molecule has 0 aromatic heterocycles. The molecule has 110 valence electrons. The Bertz CT molecular complexity index is 327. The topological polar surface area (TPSA) is 78.9 Å². The molecule has 0 aromatic carbocycles. The van der Waals surface area contributed by atoms with Gasteiger partial charge in [-0.2, -0.15) is 0 Å². The van der Waals surface area contributed by atoms with Crippen molar-refractivity contribution in [1.29, 1.82) is 0 Å². The van der Waals surface area contributed by atoms with Crippen LogP contribution in [0.25, 0.3) is 0 Å². The van der Waals surface area contributed by atoms with Gasteiger partial charge in [0.15, 0.2) is 0 Å². The minimum Gasteiger partial charge on any atom is -0.481 e.